The van der Waals surface area contributed by atoms with Gasteiger partial charge in [0.1, 0.15) is 0 Å². The van der Waals surface area contributed by atoms with Crippen molar-refractivity contribution < 1.29 is 18.3 Å². The van der Waals surface area contributed by atoms with Crippen LogP contribution in [0.2, 0.25) is 0 Å². The van der Waals surface area contributed by atoms with Gasteiger partial charge in [-0.2, -0.15) is 0 Å². The van der Waals surface area contributed by atoms with Crippen LogP contribution in [0.3, 0.4) is 0 Å². The lowest BCUT2D eigenvalue weighted by Crippen LogP contribution is -2.40. The van der Waals surface area contributed by atoms with Crippen LogP contribution in [0, 0.1) is 0 Å². The SMILES string of the molecule is CN(CCO)S(=O)(=O)C1CCOCC1. The molecule has 6 heteroatoms. The van der Waals surface area contributed by atoms with Crippen molar-refractivity contribution in [3.05, 3.63) is 0 Å². The third-order valence-corrected chi connectivity index (χ3v) is 4.80. The average molecular weight is 223 g/mol. The van der Waals surface area contributed by atoms with Crippen molar-refractivity contribution in [2.45, 2.75) is 18.1 Å². The Morgan fingerprint density at radius 1 is 1.43 bits per heavy atom. The average Bonchev–Trinajstić information content (AvgIpc) is 2.19. The van der Waals surface area contributed by atoms with E-state index in [-0.39, 0.29) is 18.4 Å². The van der Waals surface area contributed by atoms with Gasteiger partial charge in [-0.15, -0.1) is 0 Å². The van der Waals surface area contributed by atoms with Crippen molar-refractivity contribution in [1.29, 1.82) is 0 Å². The second-order valence-electron chi connectivity index (χ2n) is 3.40. The molecule has 84 valence electrons. The monoisotopic (exact) mass is 223 g/mol. The summed E-state index contributed by atoms with van der Waals surface area (Å²) in [5.41, 5.74) is 0. The molecule has 1 rings (SSSR count). The molecule has 1 heterocycles. The predicted octanol–water partition coefficient (Wildman–Crippen LogP) is -0.581. The molecule has 0 amide bonds. The Morgan fingerprint density at radius 2 is 2.00 bits per heavy atom. The fourth-order valence-electron chi connectivity index (χ4n) is 1.50. The summed E-state index contributed by atoms with van der Waals surface area (Å²) < 4.78 is 30.0. The van der Waals surface area contributed by atoms with Crippen LogP contribution in [0.1, 0.15) is 12.8 Å². The Labute approximate surface area is 84.7 Å². The van der Waals surface area contributed by atoms with E-state index < -0.39 is 10.0 Å². The van der Waals surface area contributed by atoms with Gasteiger partial charge in [0.2, 0.25) is 10.0 Å². The minimum atomic E-state index is -3.23. The maximum absolute atomic E-state index is 11.8. The summed E-state index contributed by atoms with van der Waals surface area (Å²) in [5, 5.41) is 8.33. The molecule has 1 aliphatic rings. The molecule has 0 spiro atoms. The van der Waals surface area contributed by atoms with Gasteiger partial charge in [-0.1, -0.05) is 0 Å². The highest BCUT2D eigenvalue weighted by molar-refractivity contribution is 7.89. The van der Waals surface area contributed by atoms with E-state index in [0.29, 0.717) is 26.1 Å². The number of hydrogen-bond donors (Lipinski definition) is 1. The molecule has 14 heavy (non-hydrogen) atoms. The third-order valence-electron chi connectivity index (χ3n) is 2.44. The van der Waals surface area contributed by atoms with Crippen molar-refractivity contribution in [3.63, 3.8) is 0 Å². The first-order valence-corrected chi connectivity index (χ1v) is 6.23. The molecule has 0 bridgehead atoms. The Kier molecular flexibility index (Phi) is 4.31. The van der Waals surface area contributed by atoms with Gasteiger partial charge in [0.05, 0.1) is 11.9 Å². The summed E-state index contributed by atoms with van der Waals surface area (Å²) >= 11 is 0. The lowest BCUT2D eigenvalue weighted by atomic mass is 10.2. The minimum Gasteiger partial charge on any atom is -0.395 e. The summed E-state index contributed by atoms with van der Waals surface area (Å²) in [7, 11) is -1.73. The summed E-state index contributed by atoms with van der Waals surface area (Å²) in [5.74, 6) is 0. The van der Waals surface area contributed by atoms with E-state index in [9.17, 15) is 8.42 Å². The van der Waals surface area contributed by atoms with E-state index in [4.69, 9.17) is 9.84 Å². The number of sulfonamides is 1. The highest BCUT2D eigenvalue weighted by atomic mass is 32.2. The van der Waals surface area contributed by atoms with Crippen molar-refractivity contribution in [2.75, 3.05) is 33.4 Å². The highest BCUT2D eigenvalue weighted by Crippen LogP contribution is 2.18. The molecule has 0 unspecified atom stereocenters. The zero-order valence-electron chi connectivity index (χ0n) is 8.35. The molecule has 0 aromatic heterocycles. The van der Waals surface area contributed by atoms with Crippen LogP contribution in [0.15, 0.2) is 0 Å². The van der Waals surface area contributed by atoms with E-state index in [2.05, 4.69) is 0 Å². The standard InChI is InChI=1S/C8H17NO4S/c1-9(4-5-10)14(11,12)8-2-6-13-7-3-8/h8,10H,2-7H2,1H3. The second-order valence-corrected chi connectivity index (χ2v) is 5.72. The van der Waals surface area contributed by atoms with Gasteiger partial charge in [0.25, 0.3) is 0 Å². The highest BCUT2D eigenvalue weighted by Gasteiger charge is 2.30. The number of hydrogen-bond acceptors (Lipinski definition) is 4. The van der Waals surface area contributed by atoms with Crippen molar-refractivity contribution in [1.82, 2.24) is 4.31 Å². The van der Waals surface area contributed by atoms with E-state index in [1.54, 1.807) is 0 Å². The topological polar surface area (TPSA) is 66.8 Å². The molecule has 5 nitrogen and oxygen atoms in total. The van der Waals surface area contributed by atoms with E-state index >= 15 is 0 Å². The molecule has 1 saturated heterocycles. The van der Waals surface area contributed by atoms with Crippen molar-refractivity contribution in [3.8, 4) is 0 Å². The van der Waals surface area contributed by atoms with Gasteiger partial charge in [0.15, 0.2) is 0 Å². The molecule has 0 atom stereocenters. The van der Waals surface area contributed by atoms with Crippen LogP contribution in [0.4, 0.5) is 0 Å². The number of aliphatic hydroxyl groups is 1. The first kappa shape index (κ1) is 11.9. The van der Waals surface area contributed by atoms with Crippen LogP contribution in [0.5, 0.6) is 0 Å². The normalized spacial score (nSPS) is 20.2. The molecule has 0 aromatic carbocycles. The van der Waals surface area contributed by atoms with Crippen LogP contribution < -0.4 is 0 Å². The zero-order chi connectivity index (χ0) is 10.6. The van der Waals surface area contributed by atoms with E-state index in [0.717, 1.165) is 0 Å². The molecule has 0 radical (unpaired) electrons. The summed E-state index contributed by atoms with van der Waals surface area (Å²) in [6.45, 7) is 1.05. The smallest absolute Gasteiger partial charge is 0.216 e. The maximum Gasteiger partial charge on any atom is 0.216 e. The molecule has 0 aliphatic carbocycles. The molecular weight excluding hydrogens is 206 g/mol. The summed E-state index contributed by atoms with van der Waals surface area (Å²) in [6, 6.07) is 0. The third kappa shape index (κ3) is 2.66. The van der Waals surface area contributed by atoms with Gasteiger partial charge in [0, 0.05) is 26.8 Å². The van der Waals surface area contributed by atoms with Gasteiger partial charge in [-0.25, -0.2) is 12.7 Å². The van der Waals surface area contributed by atoms with Crippen LogP contribution in [-0.4, -0.2) is 56.5 Å². The van der Waals surface area contributed by atoms with Crippen molar-refractivity contribution in [2.24, 2.45) is 0 Å². The van der Waals surface area contributed by atoms with E-state index in [1.165, 1.54) is 11.4 Å². The fraction of sp³-hybridized carbons (Fsp3) is 1.00. The summed E-state index contributed by atoms with van der Waals surface area (Å²) in [4.78, 5) is 0. The Bertz CT molecular complexity index is 259. The largest absolute Gasteiger partial charge is 0.395 e. The lowest BCUT2D eigenvalue weighted by Gasteiger charge is -2.26. The fourth-order valence-corrected chi connectivity index (χ4v) is 3.13. The lowest BCUT2D eigenvalue weighted by molar-refractivity contribution is 0.0972. The summed E-state index contributed by atoms with van der Waals surface area (Å²) in [6.07, 6.45) is 1.11. The predicted molar refractivity (Wildman–Crippen MR) is 52.5 cm³/mol. The van der Waals surface area contributed by atoms with Crippen LogP contribution >= 0.6 is 0 Å². The first-order chi connectivity index (χ1) is 6.59. The van der Waals surface area contributed by atoms with Gasteiger partial charge in [-0.3, -0.25) is 0 Å². The minimum absolute atomic E-state index is 0.140. The molecule has 1 aliphatic heterocycles. The van der Waals surface area contributed by atoms with Crippen LogP contribution in [-0.2, 0) is 14.8 Å². The Morgan fingerprint density at radius 3 is 2.50 bits per heavy atom. The Hall–Kier alpha value is -0.170. The molecule has 1 N–H and O–H groups in total. The van der Waals surface area contributed by atoms with Gasteiger partial charge < -0.3 is 9.84 Å². The number of ether oxygens (including phenoxy) is 1. The molecule has 0 aromatic rings. The van der Waals surface area contributed by atoms with Gasteiger partial charge in [-0.05, 0) is 12.8 Å². The molecular formula is C8H17NO4S. The molecule has 1 fully saturated rings. The number of nitrogens with zero attached hydrogens (tertiary/aromatic N) is 1. The second kappa shape index (κ2) is 5.06. The quantitative estimate of drug-likeness (QED) is 0.692. The number of aliphatic hydroxyl groups excluding tert-OH is 1. The number of likely N-dealkylation sites (N-methyl/N-ethyl adjacent to an activating group) is 1. The van der Waals surface area contributed by atoms with E-state index in [1.807, 2.05) is 0 Å². The first-order valence-electron chi connectivity index (χ1n) is 4.73. The molecule has 0 saturated carbocycles. The number of rotatable bonds is 4. The van der Waals surface area contributed by atoms with Crippen molar-refractivity contribution >= 4 is 10.0 Å². The van der Waals surface area contributed by atoms with Crippen LogP contribution in [0.25, 0.3) is 0 Å². The zero-order valence-corrected chi connectivity index (χ0v) is 9.16. The Balaban J connectivity index is 2.62. The van der Waals surface area contributed by atoms with Gasteiger partial charge >= 0.3 is 0 Å². The maximum atomic E-state index is 11.8.